The van der Waals surface area contributed by atoms with Gasteiger partial charge in [-0.1, -0.05) is 18.2 Å². The second-order valence-corrected chi connectivity index (χ2v) is 2.80. The highest BCUT2D eigenvalue weighted by Crippen LogP contribution is 2.09. The van der Waals surface area contributed by atoms with Gasteiger partial charge in [-0.2, -0.15) is 0 Å². The van der Waals surface area contributed by atoms with Crippen molar-refractivity contribution in [3.05, 3.63) is 34.9 Å². The van der Waals surface area contributed by atoms with E-state index in [0.717, 1.165) is 6.42 Å². The molecule has 0 fully saturated rings. The molecule has 1 aromatic rings. The van der Waals surface area contributed by atoms with Gasteiger partial charge in [0.15, 0.2) is 0 Å². The van der Waals surface area contributed by atoms with E-state index in [1.165, 1.54) is 16.7 Å². The second-order valence-electron chi connectivity index (χ2n) is 2.80. The van der Waals surface area contributed by atoms with Crippen molar-refractivity contribution in [2.75, 3.05) is 0 Å². The molecular formula is C11H12. The molecule has 1 aromatic carbocycles. The van der Waals surface area contributed by atoms with Crippen LogP contribution >= 0.6 is 0 Å². The number of hydrogen-bond donors (Lipinski definition) is 0. The summed E-state index contributed by atoms with van der Waals surface area (Å²) in [4.78, 5) is 0. The summed E-state index contributed by atoms with van der Waals surface area (Å²) < 4.78 is 0. The van der Waals surface area contributed by atoms with E-state index in [1.54, 1.807) is 0 Å². The van der Waals surface area contributed by atoms with Gasteiger partial charge < -0.3 is 0 Å². The summed E-state index contributed by atoms with van der Waals surface area (Å²) in [6.45, 7) is 4.21. The van der Waals surface area contributed by atoms with Crippen molar-refractivity contribution in [3.8, 4) is 12.3 Å². The predicted octanol–water partition coefficient (Wildman–Crippen LogP) is 2.48. The number of benzene rings is 1. The van der Waals surface area contributed by atoms with Crippen LogP contribution < -0.4 is 0 Å². The fourth-order valence-corrected chi connectivity index (χ4v) is 1.03. The molecule has 0 spiro atoms. The number of hydrogen-bond acceptors (Lipinski definition) is 0. The van der Waals surface area contributed by atoms with E-state index in [4.69, 9.17) is 6.42 Å². The maximum Gasteiger partial charge on any atom is 0.0337 e. The molecule has 0 heteroatoms. The lowest BCUT2D eigenvalue weighted by molar-refractivity contribution is 1.25. The first-order chi connectivity index (χ1) is 5.24. The van der Waals surface area contributed by atoms with E-state index in [1.807, 2.05) is 0 Å². The molecule has 0 aromatic heterocycles. The first kappa shape index (κ1) is 7.88. The lowest BCUT2D eigenvalue weighted by Gasteiger charge is -2.00. The van der Waals surface area contributed by atoms with Crippen LogP contribution in [0.4, 0.5) is 0 Å². The topological polar surface area (TPSA) is 0 Å². The molecule has 0 bridgehead atoms. The van der Waals surface area contributed by atoms with Crippen molar-refractivity contribution in [3.63, 3.8) is 0 Å². The maximum atomic E-state index is 5.20. The van der Waals surface area contributed by atoms with Crippen molar-refractivity contribution in [2.45, 2.75) is 20.3 Å². The van der Waals surface area contributed by atoms with Crippen LogP contribution in [0, 0.1) is 26.2 Å². The summed E-state index contributed by atoms with van der Waals surface area (Å²) in [7, 11) is 0. The normalized spacial score (nSPS) is 9.18. The van der Waals surface area contributed by atoms with Crippen molar-refractivity contribution in [2.24, 2.45) is 0 Å². The smallest absolute Gasteiger partial charge is 0.0337 e. The van der Waals surface area contributed by atoms with Crippen molar-refractivity contribution in [1.29, 1.82) is 0 Å². The second kappa shape index (κ2) is 3.25. The van der Waals surface area contributed by atoms with E-state index >= 15 is 0 Å². The third kappa shape index (κ3) is 1.85. The molecule has 0 heterocycles. The molecule has 0 amide bonds. The largest absolute Gasteiger partial charge is 0.120 e. The molecule has 0 radical (unpaired) electrons. The van der Waals surface area contributed by atoms with Gasteiger partial charge in [0.05, 0.1) is 0 Å². The zero-order valence-corrected chi connectivity index (χ0v) is 7.02. The molecule has 0 aliphatic heterocycles. The van der Waals surface area contributed by atoms with Gasteiger partial charge in [0.1, 0.15) is 0 Å². The molecule has 1 rings (SSSR count). The number of terminal acetylenes is 1. The molecule has 11 heavy (non-hydrogen) atoms. The van der Waals surface area contributed by atoms with Crippen LogP contribution in [0.3, 0.4) is 0 Å². The van der Waals surface area contributed by atoms with Crippen molar-refractivity contribution in [1.82, 2.24) is 0 Å². The molecule has 0 N–H and O–H groups in total. The Bertz CT molecular complexity index is 289. The summed E-state index contributed by atoms with van der Waals surface area (Å²) in [5, 5.41) is 0. The fraction of sp³-hybridized carbons (Fsp3) is 0.273. The van der Waals surface area contributed by atoms with Crippen LogP contribution in [0.1, 0.15) is 16.7 Å². The average Bonchev–Trinajstić information content (AvgIpc) is 1.98. The molecular weight excluding hydrogens is 132 g/mol. The van der Waals surface area contributed by atoms with Gasteiger partial charge in [0.2, 0.25) is 0 Å². The van der Waals surface area contributed by atoms with E-state index in [9.17, 15) is 0 Å². The van der Waals surface area contributed by atoms with Crippen LogP contribution in [0.2, 0.25) is 0 Å². The minimum atomic E-state index is 0.737. The Morgan fingerprint density at radius 1 is 1.27 bits per heavy atom. The molecule has 0 saturated carbocycles. The fourth-order valence-electron chi connectivity index (χ4n) is 1.03. The van der Waals surface area contributed by atoms with E-state index in [-0.39, 0.29) is 0 Å². The summed E-state index contributed by atoms with van der Waals surface area (Å²) in [5.41, 5.74) is 3.87. The standard InChI is InChI=1S/C11H12/c1-4-5-11-7-6-9(2)10(3)8-11/h1,6-8H,5H2,2-3H3. The lowest BCUT2D eigenvalue weighted by Crippen LogP contribution is -1.85. The Kier molecular flexibility index (Phi) is 2.33. The Balaban J connectivity index is 2.98. The van der Waals surface area contributed by atoms with Crippen LogP contribution in [0.5, 0.6) is 0 Å². The van der Waals surface area contributed by atoms with Gasteiger partial charge >= 0.3 is 0 Å². The quantitative estimate of drug-likeness (QED) is 0.531. The first-order valence-corrected chi connectivity index (χ1v) is 3.73. The third-order valence-electron chi connectivity index (χ3n) is 1.88. The van der Waals surface area contributed by atoms with Gasteiger partial charge in [-0.25, -0.2) is 0 Å². The molecule has 0 aliphatic rings. The zero-order valence-electron chi connectivity index (χ0n) is 7.02. The van der Waals surface area contributed by atoms with Gasteiger partial charge in [-0.15, -0.1) is 12.3 Å². The predicted molar refractivity (Wildman–Crippen MR) is 48.5 cm³/mol. The van der Waals surface area contributed by atoms with E-state index in [2.05, 4.69) is 38.0 Å². The minimum Gasteiger partial charge on any atom is -0.120 e. The molecule has 0 nitrogen and oxygen atoms in total. The van der Waals surface area contributed by atoms with E-state index in [0.29, 0.717) is 0 Å². The molecule has 0 aliphatic carbocycles. The lowest BCUT2D eigenvalue weighted by atomic mass is 10.0. The monoisotopic (exact) mass is 144 g/mol. The van der Waals surface area contributed by atoms with Crippen LogP contribution in [0.25, 0.3) is 0 Å². The average molecular weight is 144 g/mol. The van der Waals surface area contributed by atoms with Crippen molar-refractivity contribution >= 4 is 0 Å². The first-order valence-electron chi connectivity index (χ1n) is 3.73. The van der Waals surface area contributed by atoms with Gasteiger partial charge in [0, 0.05) is 6.42 Å². The van der Waals surface area contributed by atoms with Gasteiger partial charge in [-0.3, -0.25) is 0 Å². The molecule has 0 saturated heterocycles. The Morgan fingerprint density at radius 2 is 2.00 bits per heavy atom. The number of aryl methyl sites for hydroxylation is 2. The Hall–Kier alpha value is -1.22. The maximum absolute atomic E-state index is 5.20. The van der Waals surface area contributed by atoms with Crippen molar-refractivity contribution < 1.29 is 0 Å². The Labute approximate surface area is 68.3 Å². The van der Waals surface area contributed by atoms with Crippen LogP contribution in [0.15, 0.2) is 18.2 Å². The number of rotatable bonds is 1. The van der Waals surface area contributed by atoms with Gasteiger partial charge in [0.25, 0.3) is 0 Å². The van der Waals surface area contributed by atoms with Gasteiger partial charge in [-0.05, 0) is 30.5 Å². The molecule has 0 atom stereocenters. The highest BCUT2D eigenvalue weighted by molar-refractivity contribution is 5.31. The van der Waals surface area contributed by atoms with Crippen LogP contribution in [-0.2, 0) is 6.42 Å². The minimum absolute atomic E-state index is 0.737. The highest BCUT2D eigenvalue weighted by Gasteiger charge is 1.93. The van der Waals surface area contributed by atoms with Crippen LogP contribution in [-0.4, -0.2) is 0 Å². The zero-order chi connectivity index (χ0) is 8.27. The highest BCUT2D eigenvalue weighted by atomic mass is 14.0. The summed E-state index contributed by atoms with van der Waals surface area (Å²) >= 11 is 0. The summed E-state index contributed by atoms with van der Waals surface area (Å²) in [6, 6.07) is 6.35. The summed E-state index contributed by atoms with van der Waals surface area (Å²) in [5.74, 6) is 2.63. The van der Waals surface area contributed by atoms with E-state index < -0.39 is 0 Å². The SMILES string of the molecule is C#CCc1ccc(C)c(C)c1. The molecule has 0 unspecified atom stereocenters. The summed E-state index contributed by atoms with van der Waals surface area (Å²) in [6.07, 6.45) is 5.94. The molecule has 56 valence electrons. The third-order valence-corrected chi connectivity index (χ3v) is 1.88. The Morgan fingerprint density at radius 3 is 2.55 bits per heavy atom.